The average molecular weight is 210 g/mol. The van der Waals surface area contributed by atoms with E-state index in [0.717, 1.165) is 25.7 Å². The topological polar surface area (TPSA) is 29.5 Å². The molecule has 1 N–H and O–H groups in total. The van der Waals surface area contributed by atoms with E-state index in [-0.39, 0.29) is 12.2 Å². The van der Waals surface area contributed by atoms with E-state index in [0.29, 0.717) is 6.10 Å². The molecule has 0 aromatic heterocycles. The molecule has 0 bridgehead atoms. The maximum absolute atomic E-state index is 10.2. The summed E-state index contributed by atoms with van der Waals surface area (Å²) in [7, 11) is 0. The molecule has 0 saturated carbocycles. The van der Waals surface area contributed by atoms with Crippen LogP contribution in [0.2, 0.25) is 0 Å². The minimum absolute atomic E-state index is 0.0596. The smallest absolute Gasteiger partial charge is 0.101 e. The van der Waals surface area contributed by atoms with Gasteiger partial charge in [0.25, 0.3) is 0 Å². The number of rotatable bonds is 2. The summed E-state index contributed by atoms with van der Waals surface area (Å²) in [6.07, 6.45) is 10.4. The summed E-state index contributed by atoms with van der Waals surface area (Å²) in [6, 6.07) is 0. The van der Waals surface area contributed by atoms with Crippen LogP contribution < -0.4 is 0 Å². The zero-order valence-electron chi connectivity index (χ0n) is 9.61. The fourth-order valence-corrected chi connectivity index (χ4v) is 2.61. The van der Waals surface area contributed by atoms with Gasteiger partial charge in [-0.1, -0.05) is 12.5 Å². The van der Waals surface area contributed by atoms with E-state index in [4.69, 9.17) is 4.74 Å². The highest BCUT2D eigenvalue weighted by atomic mass is 16.5. The van der Waals surface area contributed by atoms with Crippen molar-refractivity contribution >= 4 is 0 Å². The van der Waals surface area contributed by atoms with Gasteiger partial charge < -0.3 is 9.84 Å². The van der Waals surface area contributed by atoms with Crippen LogP contribution in [0.5, 0.6) is 0 Å². The van der Waals surface area contributed by atoms with Crippen LogP contribution in [0.3, 0.4) is 0 Å². The lowest BCUT2D eigenvalue weighted by Crippen LogP contribution is -2.28. The first kappa shape index (κ1) is 11.2. The number of ether oxygens (including phenoxy) is 1. The molecule has 0 radical (unpaired) electrons. The summed E-state index contributed by atoms with van der Waals surface area (Å²) in [4.78, 5) is 0. The van der Waals surface area contributed by atoms with E-state index in [1.54, 1.807) is 0 Å². The Balaban J connectivity index is 1.93. The lowest BCUT2D eigenvalue weighted by atomic mass is 9.98. The molecule has 86 valence electrons. The molecule has 1 fully saturated rings. The standard InChI is InChI=1S/C13H22O2/c1-10-8-9-12(15-10)13(14)11-6-4-2-3-5-7-11/h6,10,12-14H,2-5,7-9H2,1H3. The quantitative estimate of drug-likeness (QED) is 0.710. The van der Waals surface area contributed by atoms with Gasteiger partial charge in [-0.3, -0.25) is 0 Å². The van der Waals surface area contributed by atoms with Crippen LogP contribution in [0.1, 0.15) is 51.9 Å². The molecule has 2 rings (SSSR count). The van der Waals surface area contributed by atoms with Crippen molar-refractivity contribution in [2.45, 2.75) is 70.2 Å². The zero-order valence-corrected chi connectivity index (χ0v) is 9.61. The molecule has 2 aliphatic rings. The van der Waals surface area contributed by atoms with E-state index in [1.807, 2.05) is 0 Å². The summed E-state index contributed by atoms with van der Waals surface area (Å²) in [5.74, 6) is 0. The lowest BCUT2D eigenvalue weighted by Gasteiger charge is -2.21. The van der Waals surface area contributed by atoms with Crippen LogP contribution in [0, 0.1) is 0 Å². The van der Waals surface area contributed by atoms with Gasteiger partial charge in [-0.25, -0.2) is 0 Å². The number of hydrogen-bond donors (Lipinski definition) is 1. The average Bonchev–Trinajstić information content (AvgIpc) is 2.53. The molecule has 3 unspecified atom stereocenters. The molecule has 2 heteroatoms. The van der Waals surface area contributed by atoms with E-state index in [1.165, 1.54) is 24.8 Å². The van der Waals surface area contributed by atoms with Crippen molar-refractivity contribution in [1.29, 1.82) is 0 Å². The minimum Gasteiger partial charge on any atom is -0.386 e. The Hall–Kier alpha value is -0.340. The van der Waals surface area contributed by atoms with Crippen molar-refractivity contribution in [3.8, 4) is 0 Å². The van der Waals surface area contributed by atoms with Gasteiger partial charge in [0.15, 0.2) is 0 Å². The van der Waals surface area contributed by atoms with Gasteiger partial charge in [-0.15, -0.1) is 0 Å². The first-order chi connectivity index (χ1) is 7.27. The number of aliphatic hydroxyl groups is 1. The Labute approximate surface area is 92.3 Å². The lowest BCUT2D eigenvalue weighted by molar-refractivity contribution is -0.0145. The molecule has 0 amide bonds. The van der Waals surface area contributed by atoms with Crippen LogP contribution in [-0.2, 0) is 4.74 Å². The molecule has 2 nitrogen and oxygen atoms in total. The Kier molecular flexibility index (Phi) is 3.81. The summed E-state index contributed by atoms with van der Waals surface area (Å²) >= 11 is 0. The van der Waals surface area contributed by atoms with Crippen molar-refractivity contribution in [2.24, 2.45) is 0 Å². The molecular weight excluding hydrogens is 188 g/mol. The zero-order chi connectivity index (χ0) is 10.7. The van der Waals surface area contributed by atoms with Crippen LogP contribution in [0.4, 0.5) is 0 Å². The fraction of sp³-hybridized carbons (Fsp3) is 0.846. The van der Waals surface area contributed by atoms with Gasteiger partial charge in [0, 0.05) is 0 Å². The molecule has 1 heterocycles. The van der Waals surface area contributed by atoms with E-state index >= 15 is 0 Å². The van der Waals surface area contributed by atoms with Gasteiger partial charge in [-0.05, 0) is 51.0 Å². The van der Waals surface area contributed by atoms with Gasteiger partial charge in [0.1, 0.15) is 6.10 Å². The molecule has 1 aliphatic carbocycles. The third kappa shape index (κ3) is 2.82. The molecule has 3 atom stereocenters. The normalized spacial score (nSPS) is 34.7. The van der Waals surface area contributed by atoms with E-state index in [2.05, 4.69) is 13.0 Å². The molecular formula is C13H22O2. The predicted molar refractivity (Wildman–Crippen MR) is 60.7 cm³/mol. The van der Waals surface area contributed by atoms with Crippen LogP contribution in [0.25, 0.3) is 0 Å². The monoisotopic (exact) mass is 210 g/mol. The first-order valence-electron chi connectivity index (χ1n) is 6.30. The van der Waals surface area contributed by atoms with Crippen molar-refractivity contribution in [2.75, 3.05) is 0 Å². The highest BCUT2D eigenvalue weighted by Crippen LogP contribution is 2.28. The van der Waals surface area contributed by atoms with Gasteiger partial charge in [0.2, 0.25) is 0 Å². The molecule has 15 heavy (non-hydrogen) atoms. The van der Waals surface area contributed by atoms with Crippen molar-refractivity contribution in [3.63, 3.8) is 0 Å². The highest BCUT2D eigenvalue weighted by molar-refractivity contribution is 5.12. The van der Waals surface area contributed by atoms with Crippen LogP contribution >= 0.6 is 0 Å². The van der Waals surface area contributed by atoms with E-state index in [9.17, 15) is 5.11 Å². The minimum atomic E-state index is -0.340. The van der Waals surface area contributed by atoms with Gasteiger partial charge in [0.05, 0.1) is 12.2 Å². The Morgan fingerprint density at radius 3 is 2.93 bits per heavy atom. The maximum Gasteiger partial charge on any atom is 0.101 e. The number of hydrogen-bond acceptors (Lipinski definition) is 2. The first-order valence-corrected chi connectivity index (χ1v) is 6.30. The summed E-state index contributed by atoms with van der Waals surface area (Å²) in [5.41, 5.74) is 1.23. The second-order valence-corrected chi connectivity index (χ2v) is 4.89. The number of allylic oxidation sites excluding steroid dienone is 1. The Morgan fingerprint density at radius 1 is 1.33 bits per heavy atom. The molecule has 1 aliphatic heterocycles. The predicted octanol–water partition coefficient (Wildman–Crippen LogP) is 2.81. The summed E-state index contributed by atoms with van der Waals surface area (Å²) in [6.45, 7) is 2.09. The van der Waals surface area contributed by atoms with Gasteiger partial charge >= 0.3 is 0 Å². The molecule has 1 saturated heterocycles. The second kappa shape index (κ2) is 5.13. The van der Waals surface area contributed by atoms with Crippen molar-refractivity contribution < 1.29 is 9.84 Å². The maximum atomic E-state index is 10.2. The summed E-state index contributed by atoms with van der Waals surface area (Å²) in [5, 5.41) is 10.2. The molecule has 0 spiro atoms. The van der Waals surface area contributed by atoms with Crippen LogP contribution in [-0.4, -0.2) is 23.4 Å². The Bertz CT molecular complexity index is 235. The third-order valence-electron chi connectivity index (χ3n) is 3.57. The number of aliphatic hydroxyl groups excluding tert-OH is 1. The second-order valence-electron chi connectivity index (χ2n) is 4.89. The SMILES string of the molecule is CC1CCC(C(O)C2=CCCCCC2)O1. The highest BCUT2D eigenvalue weighted by Gasteiger charge is 2.30. The van der Waals surface area contributed by atoms with Crippen LogP contribution in [0.15, 0.2) is 11.6 Å². The molecule has 0 aromatic carbocycles. The molecule has 0 aromatic rings. The Morgan fingerprint density at radius 2 is 2.20 bits per heavy atom. The van der Waals surface area contributed by atoms with Crippen molar-refractivity contribution in [3.05, 3.63) is 11.6 Å². The van der Waals surface area contributed by atoms with Gasteiger partial charge in [-0.2, -0.15) is 0 Å². The largest absolute Gasteiger partial charge is 0.386 e. The summed E-state index contributed by atoms with van der Waals surface area (Å²) < 4.78 is 5.73. The van der Waals surface area contributed by atoms with E-state index < -0.39 is 0 Å². The third-order valence-corrected chi connectivity index (χ3v) is 3.57. The van der Waals surface area contributed by atoms with Crippen molar-refractivity contribution in [1.82, 2.24) is 0 Å². The fourth-order valence-electron chi connectivity index (χ4n) is 2.61.